The normalized spacial score (nSPS) is 12.8. The van der Waals surface area contributed by atoms with Crippen LogP contribution in [0.2, 0.25) is 0 Å². The van der Waals surface area contributed by atoms with E-state index in [1.807, 2.05) is 6.92 Å². The average Bonchev–Trinajstić information content (AvgIpc) is 2.53. The third kappa shape index (κ3) is 2.01. The zero-order valence-electron chi connectivity index (χ0n) is 7.64. The molecule has 13 heavy (non-hydrogen) atoms. The van der Waals surface area contributed by atoms with Crippen molar-refractivity contribution in [1.82, 2.24) is 20.2 Å². The number of nitrogens with zero attached hydrogens (tertiary/aromatic N) is 4. The van der Waals surface area contributed by atoms with Crippen molar-refractivity contribution in [3.05, 3.63) is 5.82 Å². The van der Waals surface area contributed by atoms with Crippen LogP contribution in [-0.2, 0) is 11.3 Å². The van der Waals surface area contributed by atoms with E-state index in [9.17, 15) is 4.79 Å². The van der Waals surface area contributed by atoms with Crippen LogP contribution >= 0.6 is 0 Å². The largest absolute Gasteiger partial charge is 0.481 e. The Hall–Kier alpha value is -1.46. The quantitative estimate of drug-likeness (QED) is 0.726. The molecule has 0 aliphatic heterocycles. The number of aryl methyl sites for hydroxylation is 1. The molecule has 72 valence electrons. The van der Waals surface area contributed by atoms with Gasteiger partial charge in [0.05, 0.1) is 6.54 Å². The third-order valence-corrected chi connectivity index (χ3v) is 1.77. The van der Waals surface area contributed by atoms with E-state index in [-0.39, 0.29) is 5.82 Å². The van der Waals surface area contributed by atoms with Crippen molar-refractivity contribution in [3.63, 3.8) is 0 Å². The summed E-state index contributed by atoms with van der Waals surface area (Å²) in [5.74, 6) is -1.25. The first kappa shape index (κ1) is 9.63. The Morgan fingerprint density at radius 2 is 2.31 bits per heavy atom. The van der Waals surface area contributed by atoms with Crippen LogP contribution in [0.25, 0.3) is 0 Å². The van der Waals surface area contributed by atoms with Gasteiger partial charge < -0.3 is 5.11 Å². The van der Waals surface area contributed by atoms with Crippen LogP contribution in [0.3, 0.4) is 0 Å². The Morgan fingerprint density at radius 3 is 2.69 bits per heavy atom. The lowest BCUT2D eigenvalue weighted by molar-refractivity contribution is -0.139. The first-order valence-electron chi connectivity index (χ1n) is 4.19. The molecule has 1 aromatic heterocycles. The van der Waals surface area contributed by atoms with E-state index < -0.39 is 11.9 Å². The Morgan fingerprint density at radius 1 is 1.62 bits per heavy atom. The summed E-state index contributed by atoms with van der Waals surface area (Å²) >= 11 is 0. The van der Waals surface area contributed by atoms with Crippen LogP contribution in [0.4, 0.5) is 0 Å². The summed E-state index contributed by atoms with van der Waals surface area (Å²) in [6.07, 6.45) is 0.477. The molecular weight excluding hydrogens is 172 g/mol. The van der Waals surface area contributed by atoms with Gasteiger partial charge in [0.25, 0.3) is 0 Å². The molecule has 0 fully saturated rings. The fourth-order valence-corrected chi connectivity index (χ4v) is 0.997. The molecule has 1 rings (SSSR count). The van der Waals surface area contributed by atoms with Crippen LogP contribution in [0, 0.1) is 0 Å². The smallest absolute Gasteiger partial charge is 0.314 e. The van der Waals surface area contributed by atoms with Gasteiger partial charge in [-0.1, -0.05) is 6.92 Å². The number of carboxylic acids is 1. The lowest BCUT2D eigenvalue weighted by atomic mass is 10.1. The van der Waals surface area contributed by atoms with Gasteiger partial charge in [0.2, 0.25) is 0 Å². The minimum absolute atomic E-state index is 0.289. The first-order chi connectivity index (χ1) is 6.19. The van der Waals surface area contributed by atoms with Gasteiger partial charge in [-0.3, -0.25) is 4.79 Å². The number of hydrogen-bond donors (Lipinski definition) is 1. The standard InChI is InChI=1S/C7H12N4O2/c1-3-5(7(12)13)6-8-10-11(4-2)9-6/h5H,3-4H2,1-2H3,(H,12,13). The molecule has 6 nitrogen and oxygen atoms in total. The summed E-state index contributed by atoms with van der Waals surface area (Å²) in [5, 5.41) is 20.1. The lowest BCUT2D eigenvalue weighted by Gasteiger charge is -2.01. The van der Waals surface area contributed by atoms with Crippen LogP contribution in [0.15, 0.2) is 0 Å². The number of hydrogen-bond acceptors (Lipinski definition) is 4. The molecule has 0 saturated heterocycles. The lowest BCUT2D eigenvalue weighted by Crippen LogP contribution is -2.12. The monoisotopic (exact) mass is 184 g/mol. The predicted molar refractivity (Wildman–Crippen MR) is 44.2 cm³/mol. The summed E-state index contributed by atoms with van der Waals surface area (Å²) in [4.78, 5) is 12.1. The van der Waals surface area contributed by atoms with Crippen molar-refractivity contribution >= 4 is 5.97 Å². The molecular formula is C7H12N4O2. The second-order valence-corrected chi connectivity index (χ2v) is 2.64. The van der Waals surface area contributed by atoms with E-state index in [1.165, 1.54) is 4.80 Å². The van der Waals surface area contributed by atoms with Crippen molar-refractivity contribution < 1.29 is 9.90 Å². The van der Waals surface area contributed by atoms with Crippen LogP contribution in [-0.4, -0.2) is 31.3 Å². The number of carbonyl (C=O) groups is 1. The fraction of sp³-hybridized carbons (Fsp3) is 0.714. The first-order valence-corrected chi connectivity index (χ1v) is 4.19. The Bertz CT molecular complexity index is 296. The van der Waals surface area contributed by atoms with Gasteiger partial charge in [-0.25, -0.2) is 0 Å². The molecule has 0 bridgehead atoms. The van der Waals surface area contributed by atoms with Gasteiger partial charge in [0, 0.05) is 0 Å². The minimum atomic E-state index is -0.904. The summed E-state index contributed by atoms with van der Waals surface area (Å²) < 4.78 is 0. The summed E-state index contributed by atoms with van der Waals surface area (Å²) in [5.41, 5.74) is 0. The molecule has 6 heteroatoms. The van der Waals surface area contributed by atoms with Crippen LogP contribution in [0.5, 0.6) is 0 Å². The summed E-state index contributed by atoms with van der Waals surface area (Å²) in [6.45, 7) is 4.25. The van der Waals surface area contributed by atoms with E-state index in [0.29, 0.717) is 13.0 Å². The number of tetrazole rings is 1. The van der Waals surface area contributed by atoms with Gasteiger partial charge >= 0.3 is 5.97 Å². The van der Waals surface area contributed by atoms with E-state index in [1.54, 1.807) is 6.92 Å². The zero-order chi connectivity index (χ0) is 9.84. The molecule has 0 amide bonds. The van der Waals surface area contributed by atoms with Crippen LogP contribution < -0.4 is 0 Å². The minimum Gasteiger partial charge on any atom is -0.481 e. The van der Waals surface area contributed by atoms with E-state index in [0.717, 1.165) is 0 Å². The highest BCUT2D eigenvalue weighted by atomic mass is 16.4. The molecule has 1 heterocycles. The van der Waals surface area contributed by atoms with Gasteiger partial charge in [0.15, 0.2) is 5.82 Å². The highest BCUT2D eigenvalue weighted by Gasteiger charge is 2.22. The molecule has 1 unspecified atom stereocenters. The molecule has 0 spiro atoms. The molecule has 0 aromatic carbocycles. The van der Waals surface area contributed by atoms with Crippen LogP contribution in [0.1, 0.15) is 32.0 Å². The molecule has 0 saturated carbocycles. The topological polar surface area (TPSA) is 80.9 Å². The van der Waals surface area contributed by atoms with Crippen molar-refractivity contribution in [1.29, 1.82) is 0 Å². The number of rotatable bonds is 4. The Kier molecular flexibility index (Phi) is 2.94. The highest BCUT2D eigenvalue weighted by molar-refractivity contribution is 5.74. The second kappa shape index (κ2) is 3.97. The Balaban J connectivity index is 2.85. The second-order valence-electron chi connectivity index (χ2n) is 2.64. The number of aromatic nitrogens is 4. The van der Waals surface area contributed by atoms with Crippen molar-refractivity contribution in [2.75, 3.05) is 0 Å². The zero-order valence-corrected chi connectivity index (χ0v) is 7.64. The third-order valence-electron chi connectivity index (χ3n) is 1.77. The van der Waals surface area contributed by atoms with E-state index in [4.69, 9.17) is 5.11 Å². The van der Waals surface area contributed by atoms with E-state index >= 15 is 0 Å². The molecule has 0 aliphatic rings. The Labute approximate surface area is 75.6 Å². The summed E-state index contributed by atoms with van der Waals surface area (Å²) in [7, 11) is 0. The molecule has 1 aromatic rings. The SMILES string of the molecule is CCC(C(=O)O)c1nnn(CC)n1. The number of carboxylic acid groups (broad SMARTS) is 1. The maximum Gasteiger partial charge on any atom is 0.314 e. The summed E-state index contributed by atoms with van der Waals surface area (Å²) in [6, 6.07) is 0. The average molecular weight is 184 g/mol. The highest BCUT2D eigenvalue weighted by Crippen LogP contribution is 2.13. The maximum absolute atomic E-state index is 10.7. The van der Waals surface area contributed by atoms with Gasteiger partial charge in [-0.05, 0) is 18.6 Å². The predicted octanol–water partition coefficient (Wildman–Crippen LogP) is 0.271. The van der Waals surface area contributed by atoms with Gasteiger partial charge in [-0.2, -0.15) is 4.80 Å². The van der Waals surface area contributed by atoms with Crippen molar-refractivity contribution in [3.8, 4) is 0 Å². The van der Waals surface area contributed by atoms with Gasteiger partial charge in [-0.15, -0.1) is 10.2 Å². The maximum atomic E-state index is 10.7. The fourth-order valence-electron chi connectivity index (χ4n) is 0.997. The molecule has 1 N–H and O–H groups in total. The van der Waals surface area contributed by atoms with E-state index in [2.05, 4.69) is 15.4 Å². The molecule has 1 atom stereocenters. The van der Waals surface area contributed by atoms with Crippen molar-refractivity contribution in [2.24, 2.45) is 0 Å². The van der Waals surface area contributed by atoms with Gasteiger partial charge in [0.1, 0.15) is 5.92 Å². The molecule has 0 aliphatic carbocycles. The van der Waals surface area contributed by atoms with Crippen molar-refractivity contribution in [2.45, 2.75) is 32.7 Å². The molecule has 0 radical (unpaired) electrons. The number of aliphatic carboxylic acids is 1.